The van der Waals surface area contributed by atoms with Gasteiger partial charge in [0.25, 0.3) is 0 Å². The van der Waals surface area contributed by atoms with E-state index in [9.17, 15) is 9.59 Å². The predicted molar refractivity (Wildman–Crippen MR) is 56.7 cm³/mol. The van der Waals surface area contributed by atoms with Gasteiger partial charge in [0.2, 0.25) is 0 Å². The number of carbonyl (C=O) groups excluding carboxylic acids is 2. The summed E-state index contributed by atoms with van der Waals surface area (Å²) >= 11 is 5.76. The van der Waals surface area contributed by atoms with E-state index in [1.165, 1.54) is 20.4 Å². The molecular weight excluding hydrogens is 234 g/mol. The number of halogens is 1. The van der Waals surface area contributed by atoms with Gasteiger partial charge in [0.05, 0.1) is 25.3 Å². The minimum Gasteiger partial charge on any atom is -0.465 e. The number of esters is 2. The maximum absolute atomic E-state index is 11.5. The van der Waals surface area contributed by atoms with Crippen molar-refractivity contribution in [1.29, 1.82) is 0 Å². The molecule has 1 rings (SSSR count). The number of methoxy groups -OCH3 is 2. The molecule has 0 aliphatic carbocycles. The van der Waals surface area contributed by atoms with Gasteiger partial charge in [-0.25, -0.2) is 14.6 Å². The Balaban J connectivity index is 3.44. The van der Waals surface area contributed by atoms with E-state index < -0.39 is 11.9 Å². The van der Waals surface area contributed by atoms with E-state index in [2.05, 4.69) is 14.5 Å². The number of nitrogens with zero attached hydrogens (tertiary/aromatic N) is 1. The van der Waals surface area contributed by atoms with Crippen molar-refractivity contribution in [2.75, 3.05) is 14.2 Å². The average Bonchev–Trinajstić information content (AvgIpc) is 2.30. The molecule has 1 aromatic rings. The number of ether oxygens (including phenoxy) is 2. The van der Waals surface area contributed by atoms with Crippen molar-refractivity contribution in [3.05, 3.63) is 28.0 Å². The molecule has 0 saturated carbocycles. The first kappa shape index (κ1) is 12.4. The first-order valence-electron chi connectivity index (χ1n) is 4.34. The summed E-state index contributed by atoms with van der Waals surface area (Å²) in [5.41, 5.74) is 0.502. The molecule has 1 heterocycles. The molecule has 0 N–H and O–H groups in total. The van der Waals surface area contributed by atoms with Gasteiger partial charge in [0, 0.05) is 11.8 Å². The standard InChI is InChI=1S/C10H10ClNO4/c1-5-7(10(14)16-3)6(9(13)15-2)4-12-8(5)11/h4H,1-3H3. The first-order chi connectivity index (χ1) is 7.52. The molecule has 1 aromatic heterocycles. The molecule has 0 aliphatic heterocycles. The molecule has 0 atom stereocenters. The lowest BCUT2D eigenvalue weighted by molar-refractivity contribution is 0.0554. The molecule has 0 radical (unpaired) electrons. The van der Waals surface area contributed by atoms with Gasteiger partial charge in [-0.05, 0) is 6.92 Å². The second kappa shape index (κ2) is 4.94. The Morgan fingerprint density at radius 2 is 1.81 bits per heavy atom. The fraction of sp³-hybridized carbons (Fsp3) is 0.300. The van der Waals surface area contributed by atoms with E-state index in [0.29, 0.717) is 5.56 Å². The van der Waals surface area contributed by atoms with E-state index in [1.54, 1.807) is 6.92 Å². The fourth-order valence-corrected chi connectivity index (χ4v) is 1.36. The third-order valence-corrected chi connectivity index (χ3v) is 2.44. The zero-order valence-corrected chi connectivity index (χ0v) is 9.79. The number of pyridine rings is 1. The summed E-state index contributed by atoms with van der Waals surface area (Å²) in [4.78, 5) is 26.7. The van der Waals surface area contributed by atoms with Crippen LogP contribution >= 0.6 is 11.6 Å². The van der Waals surface area contributed by atoms with E-state index in [1.807, 2.05) is 0 Å². The van der Waals surface area contributed by atoms with Gasteiger partial charge in [0.15, 0.2) is 0 Å². The van der Waals surface area contributed by atoms with Crippen molar-refractivity contribution >= 4 is 23.5 Å². The van der Waals surface area contributed by atoms with Gasteiger partial charge >= 0.3 is 11.9 Å². The number of aromatic nitrogens is 1. The molecular formula is C10H10ClNO4. The van der Waals surface area contributed by atoms with Gasteiger partial charge in [0.1, 0.15) is 5.15 Å². The second-order valence-corrected chi connectivity index (χ2v) is 3.30. The number of rotatable bonds is 2. The van der Waals surface area contributed by atoms with Gasteiger partial charge in [-0.1, -0.05) is 11.6 Å². The van der Waals surface area contributed by atoms with Crippen molar-refractivity contribution in [2.24, 2.45) is 0 Å². The highest BCUT2D eigenvalue weighted by Gasteiger charge is 2.22. The molecule has 0 aromatic carbocycles. The van der Waals surface area contributed by atoms with Gasteiger partial charge < -0.3 is 9.47 Å². The third kappa shape index (κ3) is 2.14. The normalized spacial score (nSPS) is 9.75. The van der Waals surface area contributed by atoms with Crippen LogP contribution in [0.4, 0.5) is 0 Å². The SMILES string of the molecule is COC(=O)c1cnc(Cl)c(C)c1C(=O)OC. The summed E-state index contributed by atoms with van der Waals surface area (Å²) in [7, 11) is 2.44. The highest BCUT2D eigenvalue weighted by Crippen LogP contribution is 2.21. The van der Waals surface area contributed by atoms with Crippen LogP contribution in [0.5, 0.6) is 0 Å². The molecule has 0 saturated heterocycles. The maximum Gasteiger partial charge on any atom is 0.340 e. The lowest BCUT2D eigenvalue weighted by Crippen LogP contribution is -2.14. The second-order valence-electron chi connectivity index (χ2n) is 2.95. The van der Waals surface area contributed by atoms with E-state index in [4.69, 9.17) is 11.6 Å². The van der Waals surface area contributed by atoms with Crippen LogP contribution in [0, 0.1) is 6.92 Å². The Hall–Kier alpha value is -1.62. The number of carbonyl (C=O) groups is 2. The summed E-state index contributed by atoms with van der Waals surface area (Å²) in [6.07, 6.45) is 1.19. The van der Waals surface area contributed by atoms with Gasteiger partial charge in [-0.15, -0.1) is 0 Å². The van der Waals surface area contributed by atoms with Crippen LogP contribution in [0.15, 0.2) is 6.20 Å². The molecule has 6 heteroatoms. The number of hydrogen-bond acceptors (Lipinski definition) is 5. The van der Waals surface area contributed by atoms with Crippen LogP contribution in [-0.2, 0) is 9.47 Å². The molecule has 0 amide bonds. The summed E-state index contributed by atoms with van der Waals surface area (Å²) in [5.74, 6) is -1.31. The molecule has 0 unspecified atom stereocenters. The smallest absolute Gasteiger partial charge is 0.340 e. The Kier molecular flexibility index (Phi) is 3.84. The summed E-state index contributed by atoms with van der Waals surface area (Å²) in [5, 5.41) is 0.146. The zero-order valence-electron chi connectivity index (χ0n) is 9.04. The summed E-state index contributed by atoms with van der Waals surface area (Å²) in [6, 6.07) is 0. The monoisotopic (exact) mass is 243 g/mol. The average molecular weight is 244 g/mol. The minimum atomic E-state index is -0.660. The minimum absolute atomic E-state index is 0.0382. The van der Waals surface area contributed by atoms with Gasteiger partial charge in [-0.2, -0.15) is 0 Å². The number of hydrogen-bond donors (Lipinski definition) is 0. The van der Waals surface area contributed by atoms with Crippen LogP contribution in [0.25, 0.3) is 0 Å². The van der Waals surface area contributed by atoms with Gasteiger partial charge in [-0.3, -0.25) is 0 Å². The topological polar surface area (TPSA) is 65.5 Å². The molecule has 16 heavy (non-hydrogen) atoms. The Morgan fingerprint density at radius 1 is 1.25 bits per heavy atom. The lowest BCUT2D eigenvalue weighted by Gasteiger charge is -2.09. The Morgan fingerprint density at radius 3 is 2.31 bits per heavy atom. The quantitative estimate of drug-likeness (QED) is 0.583. The van der Waals surface area contributed by atoms with Crippen molar-refractivity contribution < 1.29 is 19.1 Å². The van der Waals surface area contributed by atoms with Crippen LogP contribution < -0.4 is 0 Å². The molecule has 0 aliphatic rings. The lowest BCUT2D eigenvalue weighted by atomic mass is 10.1. The van der Waals surface area contributed by atoms with Crippen LogP contribution in [0.1, 0.15) is 26.3 Å². The van der Waals surface area contributed by atoms with E-state index >= 15 is 0 Å². The highest BCUT2D eigenvalue weighted by molar-refractivity contribution is 6.30. The van der Waals surface area contributed by atoms with Crippen LogP contribution in [0.2, 0.25) is 5.15 Å². The third-order valence-electron chi connectivity index (χ3n) is 2.06. The van der Waals surface area contributed by atoms with Crippen LogP contribution in [0.3, 0.4) is 0 Å². The predicted octanol–water partition coefficient (Wildman–Crippen LogP) is 1.62. The largest absolute Gasteiger partial charge is 0.465 e. The highest BCUT2D eigenvalue weighted by atomic mass is 35.5. The Bertz CT molecular complexity index is 445. The van der Waals surface area contributed by atoms with Crippen molar-refractivity contribution in [1.82, 2.24) is 4.98 Å². The fourth-order valence-electron chi connectivity index (χ4n) is 1.22. The molecule has 86 valence electrons. The first-order valence-corrected chi connectivity index (χ1v) is 4.72. The van der Waals surface area contributed by atoms with E-state index in [0.717, 1.165) is 0 Å². The molecule has 5 nitrogen and oxygen atoms in total. The van der Waals surface area contributed by atoms with Crippen molar-refractivity contribution in [2.45, 2.75) is 6.92 Å². The van der Waals surface area contributed by atoms with Crippen molar-refractivity contribution in [3.63, 3.8) is 0 Å². The van der Waals surface area contributed by atoms with E-state index in [-0.39, 0.29) is 16.3 Å². The summed E-state index contributed by atoms with van der Waals surface area (Å²) < 4.78 is 9.11. The Labute approximate surface area is 97.3 Å². The van der Waals surface area contributed by atoms with Crippen LogP contribution in [-0.4, -0.2) is 31.1 Å². The van der Waals surface area contributed by atoms with Crippen molar-refractivity contribution in [3.8, 4) is 0 Å². The zero-order chi connectivity index (χ0) is 12.3. The molecule has 0 fully saturated rings. The molecule has 0 bridgehead atoms. The maximum atomic E-state index is 11.5. The summed E-state index contributed by atoms with van der Waals surface area (Å²) in [6.45, 7) is 1.58. The molecule has 0 spiro atoms.